The molecule has 3 rings (SSSR count). The second kappa shape index (κ2) is 6.61. The van der Waals surface area contributed by atoms with Gasteiger partial charge < -0.3 is 5.32 Å². The van der Waals surface area contributed by atoms with Crippen LogP contribution in [0.15, 0.2) is 65.9 Å². The monoisotopic (exact) mass is 291 g/mol. The molecule has 0 heterocycles. The molecular formula is C20H21NO. The van der Waals surface area contributed by atoms with Crippen LogP contribution in [0.2, 0.25) is 0 Å². The van der Waals surface area contributed by atoms with Gasteiger partial charge in [-0.3, -0.25) is 4.79 Å². The van der Waals surface area contributed by atoms with Gasteiger partial charge in [-0.1, -0.05) is 48.5 Å². The highest BCUT2D eigenvalue weighted by atomic mass is 16.1. The molecule has 0 unspecified atom stereocenters. The number of rotatable bonds is 4. The summed E-state index contributed by atoms with van der Waals surface area (Å²) in [4.78, 5) is 12.4. The van der Waals surface area contributed by atoms with Gasteiger partial charge in [0.15, 0.2) is 5.78 Å². The SMILES string of the molecule is Cc1ccccc1NC1=C(Cc2ccccc2)C(=O)CCC1. The lowest BCUT2D eigenvalue weighted by molar-refractivity contribution is -0.116. The van der Waals surface area contributed by atoms with Gasteiger partial charge in [0.25, 0.3) is 0 Å². The summed E-state index contributed by atoms with van der Waals surface area (Å²) in [6.07, 6.45) is 3.27. The Bertz CT molecular complexity index is 701. The van der Waals surface area contributed by atoms with Crippen LogP contribution in [0.1, 0.15) is 30.4 Å². The standard InChI is InChI=1S/C20H21NO/c1-15-8-5-6-11-18(15)21-19-12-7-13-20(22)17(19)14-16-9-3-2-4-10-16/h2-6,8-11,21H,7,12-14H2,1H3. The van der Waals surface area contributed by atoms with Crippen molar-refractivity contribution in [3.8, 4) is 0 Å². The number of allylic oxidation sites excluding steroid dienone is 2. The predicted octanol–water partition coefficient (Wildman–Crippen LogP) is 4.66. The number of carbonyl (C=O) groups is 1. The third-order valence-corrected chi connectivity index (χ3v) is 4.19. The van der Waals surface area contributed by atoms with Crippen LogP contribution in [-0.4, -0.2) is 5.78 Å². The van der Waals surface area contributed by atoms with E-state index in [1.54, 1.807) is 0 Å². The van der Waals surface area contributed by atoms with Crippen molar-refractivity contribution in [2.45, 2.75) is 32.6 Å². The van der Waals surface area contributed by atoms with Crippen molar-refractivity contribution >= 4 is 11.5 Å². The summed E-state index contributed by atoms with van der Waals surface area (Å²) in [6, 6.07) is 18.4. The molecule has 112 valence electrons. The van der Waals surface area contributed by atoms with Crippen molar-refractivity contribution in [2.75, 3.05) is 5.32 Å². The highest BCUT2D eigenvalue weighted by molar-refractivity contribution is 5.97. The van der Waals surface area contributed by atoms with Crippen LogP contribution in [0.3, 0.4) is 0 Å². The zero-order chi connectivity index (χ0) is 15.4. The molecule has 0 atom stereocenters. The summed E-state index contributed by atoms with van der Waals surface area (Å²) in [5, 5.41) is 3.51. The Morgan fingerprint density at radius 1 is 0.955 bits per heavy atom. The number of benzene rings is 2. The third kappa shape index (κ3) is 3.28. The quantitative estimate of drug-likeness (QED) is 0.888. The summed E-state index contributed by atoms with van der Waals surface area (Å²) in [5.41, 5.74) is 5.52. The number of ketones is 1. The average molecular weight is 291 g/mol. The molecule has 1 aliphatic rings. The number of aryl methyl sites for hydroxylation is 1. The van der Waals surface area contributed by atoms with E-state index in [1.165, 1.54) is 11.1 Å². The summed E-state index contributed by atoms with van der Waals surface area (Å²) in [7, 11) is 0. The van der Waals surface area contributed by atoms with E-state index in [9.17, 15) is 4.79 Å². The molecule has 0 saturated heterocycles. The van der Waals surface area contributed by atoms with E-state index >= 15 is 0 Å². The van der Waals surface area contributed by atoms with Crippen molar-refractivity contribution in [1.29, 1.82) is 0 Å². The van der Waals surface area contributed by atoms with Crippen LogP contribution < -0.4 is 5.32 Å². The van der Waals surface area contributed by atoms with Gasteiger partial charge in [0, 0.05) is 29.8 Å². The minimum absolute atomic E-state index is 0.284. The first kappa shape index (κ1) is 14.6. The predicted molar refractivity (Wildman–Crippen MR) is 90.8 cm³/mol. The molecule has 2 nitrogen and oxygen atoms in total. The van der Waals surface area contributed by atoms with E-state index < -0.39 is 0 Å². The van der Waals surface area contributed by atoms with E-state index in [-0.39, 0.29) is 5.78 Å². The highest BCUT2D eigenvalue weighted by Gasteiger charge is 2.21. The van der Waals surface area contributed by atoms with Crippen molar-refractivity contribution < 1.29 is 4.79 Å². The van der Waals surface area contributed by atoms with E-state index in [0.717, 1.165) is 29.8 Å². The van der Waals surface area contributed by atoms with Gasteiger partial charge in [0.05, 0.1) is 0 Å². The molecule has 2 heteroatoms. The van der Waals surface area contributed by atoms with Crippen LogP contribution in [-0.2, 0) is 11.2 Å². The fraction of sp³-hybridized carbons (Fsp3) is 0.250. The minimum Gasteiger partial charge on any atom is -0.358 e. The Labute approximate surface area is 131 Å². The second-order valence-corrected chi connectivity index (χ2v) is 5.84. The molecule has 2 aromatic carbocycles. The minimum atomic E-state index is 0.284. The number of anilines is 1. The van der Waals surface area contributed by atoms with Gasteiger partial charge >= 0.3 is 0 Å². The van der Waals surface area contributed by atoms with E-state index in [4.69, 9.17) is 0 Å². The Morgan fingerprint density at radius 3 is 2.45 bits per heavy atom. The molecule has 0 bridgehead atoms. The first-order valence-electron chi connectivity index (χ1n) is 7.86. The Morgan fingerprint density at radius 2 is 1.68 bits per heavy atom. The Balaban J connectivity index is 1.91. The van der Waals surface area contributed by atoms with Gasteiger partial charge in [0.1, 0.15) is 0 Å². The smallest absolute Gasteiger partial charge is 0.160 e. The largest absolute Gasteiger partial charge is 0.358 e. The zero-order valence-corrected chi connectivity index (χ0v) is 12.9. The lowest BCUT2D eigenvalue weighted by Gasteiger charge is -2.22. The lowest BCUT2D eigenvalue weighted by atomic mass is 9.90. The number of hydrogen-bond donors (Lipinski definition) is 1. The summed E-state index contributed by atoms with van der Waals surface area (Å²) in [5.74, 6) is 0.284. The molecular weight excluding hydrogens is 270 g/mol. The molecule has 22 heavy (non-hydrogen) atoms. The van der Waals surface area contributed by atoms with Crippen LogP contribution >= 0.6 is 0 Å². The van der Waals surface area contributed by atoms with Gasteiger partial charge in [0.2, 0.25) is 0 Å². The molecule has 0 spiro atoms. The molecule has 2 aromatic rings. The van der Waals surface area contributed by atoms with E-state index in [1.807, 2.05) is 30.3 Å². The van der Waals surface area contributed by atoms with Gasteiger partial charge in [-0.25, -0.2) is 0 Å². The van der Waals surface area contributed by atoms with Gasteiger partial charge in [-0.05, 0) is 37.0 Å². The number of carbonyl (C=O) groups excluding carboxylic acids is 1. The molecule has 0 radical (unpaired) electrons. The van der Waals surface area contributed by atoms with E-state index in [0.29, 0.717) is 12.8 Å². The average Bonchev–Trinajstić information content (AvgIpc) is 2.54. The maximum Gasteiger partial charge on any atom is 0.160 e. The van der Waals surface area contributed by atoms with Crippen LogP contribution in [0.4, 0.5) is 5.69 Å². The molecule has 1 aliphatic carbocycles. The molecule has 0 amide bonds. The van der Waals surface area contributed by atoms with Crippen molar-refractivity contribution in [3.63, 3.8) is 0 Å². The van der Waals surface area contributed by atoms with Crippen molar-refractivity contribution in [1.82, 2.24) is 0 Å². The summed E-state index contributed by atoms with van der Waals surface area (Å²) < 4.78 is 0. The normalized spacial score (nSPS) is 15.0. The molecule has 0 fully saturated rings. The Kier molecular flexibility index (Phi) is 4.38. The summed E-state index contributed by atoms with van der Waals surface area (Å²) >= 11 is 0. The number of para-hydroxylation sites is 1. The molecule has 0 aliphatic heterocycles. The fourth-order valence-corrected chi connectivity index (χ4v) is 2.91. The van der Waals surface area contributed by atoms with Crippen molar-refractivity contribution in [3.05, 3.63) is 77.0 Å². The van der Waals surface area contributed by atoms with E-state index in [2.05, 4.69) is 36.5 Å². The van der Waals surface area contributed by atoms with Gasteiger partial charge in [-0.15, -0.1) is 0 Å². The lowest BCUT2D eigenvalue weighted by Crippen LogP contribution is -2.18. The zero-order valence-electron chi connectivity index (χ0n) is 12.9. The molecule has 0 aromatic heterocycles. The van der Waals surface area contributed by atoms with Gasteiger partial charge in [-0.2, -0.15) is 0 Å². The fourth-order valence-electron chi connectivity index (χ4n) is 2.91. The third-order valence-electron chi connectivity index (χ3n) is 4.19. The second-order valence-electron chi connectivity index (χ2n) is 5.84. The van der Waals surface area contributed by atoms with Crippen LogP contribution in [0, 0.1) is 6.92 Å². The number of hydrogen-bond acceptors (Lipinski definition) is 2. The molecule has 0 saturated carbocycles. The molecule has 1 N–H and O–H groups in total. The summed E-state index contributed by atoms with van der Waals surface area (Å²) in [6.45, 7) is 2.09. The first-order valence-corrected chi connectivity index (χ1v) is 7.86. The maximum atomic E-state index is 12.4. The topological polar surface area (TPSA) is 29.1 Å². The van der Waals surface area contributed by atoms with Crippen LogP contribution in [0.5, 0.6) is 0 Å². The number of Topliss-reactive ketones (excluding diaryl/α,β-unsaturated/α-hetero) is 1. The first-order chi connectivity index (χ1) is 10.7. The maximum absolute atomic E-state index is 12.4. The van der Waals surface area contributed by atoms with Crippen LogP contribution in [0.25, 0.3) is 0 Å². The number of nitrogens with one attached hydrogen (secondary N) is 1. The Hall–Kier alpha value is -2.35. The highest BCUT2D eigenvalue weighted by Crippen LogP contribution is 2.27. The van der Waals surface area contributed by atoms with Crippen molar-refractivity contribution in [2.24, 2.45) is 0 Å².